The van der Waals surface area contributed by atoms with Gasteiger partial charge in [-0.05, 0) is 46.3 Å². The number of aliphatic imine (C=N–C) groups is 1. The van der Waals surface area contributed by atoms with Crippen LogP contribution in [0.15, 0.2) is 4.99 Å². The minimum absolute atomic E-state index is 0.00383. The molecule has 0 aliphatic carbocycles. The number of hydrogen-bond acceptors (Lipinski definition) is 5. The molecule has 1 heterocycles. The number of sulfonamides is 1. The topological polar surface area (TPSA) is 91.8 Å². The third kappa shape index (κ3) is 10.3. The molecule has 0 radical (unpaired) electrons. The summed E-state index contributed by atoms with van der Waals surface area (Å²) < 4.78 is 32.5. The summed E-state index contributed by atoms with van der Waals surface area (Å²) in [5, 5.41) is 6.23. The largest absolute Gasteiger partial charge is 0.377 e. The van der Waals surface area contributed by atoms with E-state index in [4.69, 9.17) is 4.74 Å². The molecule has 1 aliphatic rings. The average molecular weight is 395 g/mol. The molecule has 0 amide bonds. The lowest BCUT2D eigenvalue weighted by molar-refractivity contribution is 0.0200. The van der Waals surface area contributed by atoms with E-state index in [9.17, 15) is 8.42 Å². The van der Waals surface area contributed by atoms with Gasteiger partial charge >= 0.3 is 0 Å². The van der Waals surface area contributed by atoms with E-state index < -0.39 is 10.0 Å². The molecule has 1 aliphatic heterocycles. The zero-order valence-electron chi connectivity index (χ0n) is 15.9. The number of thioether (sulfide) groups is 1. The molecule has 9 heteroatoms. The van der Waals surface area contributed by atoms with E-state index >= 15 is 0 Å². The Bertz CT molecular complexity index is 504. The Morgan fingerprint density at radius 1 is 1.32 bits per heavy atom. The van der Waals surface area contributed by atoms with Gasteiger partial charge in [-0.1, -0.05) is 0 Å². The molecule has 0 aromatic carbocycles. The summed E-state index contributed by atoms with van der Waals surface area (Å²) in [6.45, 7) is 9.04. The highest BCUT2D eigenvalue weighted by Gasteiger charge is 2.18. The third-order valence-corrected chi connectivity index (χ3v) is 6.57. The van der Waals surface area contributed by atoms with E-state index in [-0.39, 0.29) is 16.6 Å². The fraction of sp³-hybridized carbons (Fsp3) is 0.938. The van der Waals surface area contributed by atoms with Crippen molar-refractivity contribution >= 4 is 27.7 Å². The molecule has 1 atom stereocenters. The molecule has 1 unspecified atom stereocenters. The van der Waals surface area contributed by atoms with E-state index in [1.54, 1.807) is 11.8 Å². The van der Waals surface area contributed by atoms with E-state index in [0.29, 0.717) is 25.6 Å². The highest BCUT2D eigenvalue weighted by atomic mass is 32.2. The summed E-state index contributed by atoms with van der Waals surface area (Å²) >= 11 is 1.75. The van der Waals surface area contributed by atoms with Crippen molar-refractivity contribution in [3.05, 3.63) is 0 Å². The van der Waals surface area contributed by atoms with Crippen molar-refractivity contribution in [1.29, 1.82) is 0 Å². The van der Waals surface area contributed by atoms with Crippen LogP contribution in [0.5, 0.6) is 0 Å². The Hall–Kier alpha value is -0.510. The molecule has 25 heavy (non-hydrogen) atoms. The van der Waals surface area contributed by atoms with Gasteiger partial charge in [-0.25, -0.2) is 13.1 Å². The van der Waals surface area contributed by atoms with Crippen LogP contribution in [0.1, 0.15) is 40.0 Å². The Balaban J connectivity index is 2.38. The van der Waals surface area contributed by atoms with E-state index in [0.717, 1.165) is 32.4 Å². The van der Waals surface area contributed by atoms with Gasteiger partial charge in [0.1, 0.15) is 0 Å². The van der Waals surface area contributed by atoms with E-state index in [2.05, 4.69) is 40.5 Å². The zero-order chi connectivity index (χ0) is 18.8. The molecule has 7 nitrogen and oxygen atoms in total. The van der Waals surface area contributed by atoms with Gasteiger partial charge in [0.15, 0.2) is 5.96 Å². The number of hydrogen-bond donors (Lipinski definition) is 3. The van der Waals surface area contributed by atoms with Crippen LogP contribution in [0.4, 0.5) is 0 Å². The second-order valence-corrected chi connectivity index (χ2v) is 10.2. The first kappa shape index (κ1) is 22.5. The monoisotopic (exact) mass is 394 g/mol. The lowest BCUT2D eigenvalue weighted by Crippen LogP contribution is -2.43. The normalized spacial score (nSPS) is 19.7. The van der Waals surface area contributed by atoms with Crippen molar-refractivity contribution in [2.24, 2.45) is 4.99 Å². The molecular formula is C16H34N4O3S2. The predicted octanol–water partition coefficient (Wildman–Crippen LogP) is 1.17. The number of nitrogens with one attached hydrogen (secondary N) is 3. The van der Waals surface area contributed by atoms with Gasteiger partial charge < -0.3 is 15.4 Å². The molecule has 1 fully saturated rings. The van der Waals surface area contributed by atoms with Crippen molar-refractivity contribution in [1.82, 2.24) is 15.4 Å². The highest BCUT2D eigenvalue weighted by Crippen LogP contribution is 2.20. The summed E-state index contributed by atoms with van der Waals surface area (Å²) in [7, 11) is -3.32. The van der Waals surface area contributed by atoms with E-state index in [1.807, 2.05) is 6.92 Å². The van der Waals surface area contributed by atoms with Crippen molar-refractivity contribution in [3.63, 3.8) is 0 Å². The second-order valence-electron chi connectivity index (χ2n) is 6.74. The fourth-order valence-corrected chi connectivity index (χ4v) is 3.39. The molecule has 1 rings (SSSR count). The fourth-order valence-electron chi connectivity index (χ4n) is 2.24. The predicted molar refractivity (Wildman–Crippen MR) is 107 cm³/mol. The van der Waals surface area contributed by atoms with Crippen LogP contribution >= 0.6 is 11.8 Å². The van der Waals surface area contributed by atoms with Crippen LogP contribution in [0, 0.1) is 0 Å². The molecule has 0 aromatic rings. The van der Waals surface area contributed by atoms with Crippen LogP contribution in [0.25, 0.3) is 0 Å². The second kappa shape index (κ2) is 11.3. The average Bonchev–Trinajstić information content (AvgIpc) is 2.59. The van der Waals surface area contributed by atoms with Gasteiger partial charge in [0.2, 0.25) is 10.0 Å². The number of nitrogens with zero attached hydrogens (tertiary/aromatic N) is 1. The Labute approximate surface area is 157 Å². The van der Waals surface area contributed by atoms with Crippen LogP contribution < -0.4 is 15.4 Å². The molecule has 148 valence electrons. The van der Waals surface area contributed by atoms with E-state index in [1.165, 1.54) is 0 Å². The van der Waals surface area contributed by atoms with Gasteiger partial charge in [-0.3, -0.25) is 4.99 Å². The standard InChI is InChI=1S/C16H34N4O3S2/c1-5-17-15(19-13-16(2,3)24-4)18-9-11-25(21,22)20-12-14-8-6-7-10-23-14/h14,20H,5-13H2,1-4H3,(H2,17,18,19). The van der Waals surface area contributed by atoms with Gasteiger partial charge in [0.25, 0.3) is 0 Å². The first-order valence-corrected chi connectivity index (χ1v) is 11.8. The lowest BCUT2D eigenvalue weighted by Gasteiger charge is -2.22. The Kier molecular flexibility index (Phi) is 10.1. The molecular weight excluding hydrogens is 360 g/mol. The lowest BCUT2D eigenvalue weighted by atomic mass is 10.1. The van der Waals surface area contributed by atoms with Crippen molar-refractivity contribution in [2.45, 2.75) is 50.9 Å². The maximum atomic E-state index is 12.1. The molecule has 0 spiro atoms. The van der Waals surface area contributed by atoms with Crippen LogP contribution in [-0.2, 0) is 14.8 Å². The Morgan fingerprint density at radius 2 is 2.08 bits per heavy atom. The summed E-state index contributed by atoms with van der Waals surface area (Å²) in [5.41, 5.74) is 0. The number of rotatable bonds is 10. The SMILES string of the molecule is CCNC(=NCC(C)(C)SC)NCCS(=O)(=O)NCC1CCCCO1. The van der Waals surface area contributed by atoms with Crippen LogP contribution in [-0.4, -0.2) is 70.0 Å². The van der Waals surface area contributed by atoms with Crippen LogP contribution in [0.2, 0.25) is 0 Å². The zero-order valence-corrected chi connectivity index (χ0v) is 17.6. The van der Waals surface area contributed by atoms with Gasteiger partial charge in [-0.15, -0.1) is 0 Å². The first-order valence-electron chi connectivity index (χ1n) is 8.94. The molecule has 0 aromatic heterocycles. The third-order valence-electron chi connectivity index (χ3n) is 3.98. The Morgan fingerprint density at radius 3 is 2.68 bits per heavy atom. The van der Waals surface area contributed by atoms with Gasteiger partial charge in [0.05, 0.1) is 18.4 Å². The van der Waals surface area contributed by atoms with Crippen molar-refractivity contribution in [2.75, 3.05) is 44.8 Å². The van der Waals surface area contributed by atoms with Crippen molar-refractivity contribution < 1.29 is 13.2 Å². The molecule has 0 bridgehead atoms. The summed E-state index contributed by atoms with van der Waals surface area (Å²) in [4.78, 5) is 4.53. The number of ether oxygens (including phenoxy) is 1. The van der Waals surface area contributed by atoms with Gasteiger partial charge in [-0.2, -0.15) is 11.8 Å². The minimum Gasteiger partial charge on any atom is -0.377 e. The van der Waals surface area contributed by atoms with Crippen molar-refractivity contribution in [3.8, 4) is 0 Å². The van der Waals surface area contributed by atoms with Gasteiger partial charge in [0, 0.05) is 31.0 Å². The highest BCUT2D eigenvalue weighted by molar-refractivity contribution is 7.99. The summed E-state index contributed by atoms with van der Waals surface area (Å²) in [6.07, 6.45) is 5.15. The quantitative estimate of drug-likeness (QED) is 0.381. The molecule has 1 saturated heterocycles. The number of guanidine groups is 1. The maximum Gasteiger partial charge on any atom is 0.213 e. The maximum absolute atomic E-state index is 12.1. The summed E-state index contributed by atoms with van der Waals surface area (Å²) in [6, 6.07) is 0. The first-order chi connectivity index (χ1) is 11.8. The molecule has 3 N–H and O–H groups in total. The smallest absolute Gasteiger partial charge is 0.213 e. The molecule has 0 saturated carbocycles. The van der Waals surface area contributed by atoms with Crippen LogP contribution in [0.3, 0.4) is 0 Å². The summed E-state index contributed by atoms with van der Waals surface area (Å²) in [5.74, 6) is 0.659. The minimum atomic E-state index is -3.32.